The standard InChI is InChI=1S/C21H26O2S/c1-21(12-7-13-22)18-11-6-5-8-16(18)14-20(23)19(21)15-24-17-9-3-2-4-10-17/h2-4,7,9-10,12-13,16,18-19H,5-6,8,11,14-15H2,1H3/b12-7+/t16-,18+,19-,21-/m1/s1. The predicted octanol–water partition coefficient (Wildman–Crippen LogP) is 4.94. The molecule has 2 aliphatic carbocycles. The van der Waals surface area contributed by atoms with Crippen molar-refractivity contribution in [1.82, 2.24) is 0 Å². The van der Waals surface area contributed by atoms with Crippen LogP contribution in [0.5, 0.6) is 0 Å². The minimum Gasteiger partial charge on any atom is -0.299 e. The first-order valence-corrected chi connectivity index (χ1v) is 9.97. The van der Waals surface area contributed by atoms with Crippen LogP contribution in [-0.4, -0.2) is 17.8 Å². The third-order valence-corrected chi connectivity index (χ3v) is 7.11. The van der Waals surface area contributed by atoms with Gasteiger partial charge in [0, 0.05) is 23.0 Å². The monoisotopic (exact) mass is 342 g/mol. The lowest BCUT2D eigenvalue weighted by atomic mass is 9.53. The predicted molar refractivity (Wildman–Crippen MR) is 99.0 cm³/mol. The van der Waals surface area contributed by atoms with Gasteiger partial charge < -0.3 is 0 Å². The maximum Gasteiger partial charge on any atom is 0.142 e. The molecular weight excluding hydrogens is 316 g/mol. The van der Waals surface area contributed by atoms with Gasteiger partial charge in [0.2, 0.25) is 0 Å². The molecule has 0 heterocycles. The van der Waals surface area contributed by atoms with Gasteiger partial charge in [0.1, 0.15) is 12.1 Å². The molecule has 0 N–H and O–H groups in total. The Morgan fingerprint density at radius 3 is 2.71 bits per heavy atom. The summed E-state index contributed by atoms with van der Waals surface area (Å²) in [5, 5.41) is 0. The smallest absolute Gasteiger partial charge is 0.142 e. The van der Waals surface area contributed by atoms with Crippen LogP contribution in [0.15, 0.2) is 47.4 Å². The Morgan fingerprint density at radius 1 is 1.21 bits per heavy atom. The van der Waals surface area contributed by atoms with Crippen molar-refractivity contribution >= 4 is 23.8 Å². The molecule has 0 aromatic heterocycles. The van der Waals surface area contributed by atoms with Crippen LogP contribution in [0.25, 0.3) is 0 Å². The molecule has 2 fully saturated rings. The number of aldehydes is 1. The highest BCUT2D eigenvalue weighted by molar-refractivity contribution is 7.99. The number of allylic oxidation sites excluding steroid dienone is 2. The zero-order valence-electron chi connectivity index (χ0n) is 14.3. The Kier molecular flexibility index (Phi) is 5.60. The van der Waals surface area contributed by atoms with Crippen LogP contribution < -0.4 is 0 Å². The first-order chi connectivity index (χ1) is 11.6. The fourth-order valence-corrected chi connectivity index (χ4v) is 5.99. The third kappa shape index (κ3) is 3.51. The highest BCUT2D eigenvalue weighted by atomic mass is 32.2. The molecule has 2 aliphatic rings. The summed E-state index contributed by atoms with van der Waals surface area (Å²) in [5.74, 6) is 2.22. The second kappa shape index (κ2) is 7.69. The maximum absolute atomic E-state index is 12.9. The molecule has 24 heavy (non-hydrogen) atoms. The Bertz CT molecular complexity index is 610. The van der Waals surface area contributed by atoms with Crippen LogP contribution in [0.2, 0.25) is 0 Å². The molecule has 0 bridgehead atoms. The fourth-order valence-electron chi connectivity index (χ4n) is 4.73. The molecule has 0 radical (unpaired) electrons. The van der Waals surface area contributed by atoms with E-state index in [1.54, 1.807) is 17.8 Å². The third-order valence-electron chi connectivity index (χ3n) is 6.00. The number of thioether (sulfide) groups is 1. The second-order valence-electron chi connectivity index (χ2n) is 7.36. The lowest BCUT2D eigenvalue weighted by Crippen LogP contribution is -2.49. The quantitative estimate of drug-likeness (QED) is 0.432. The van der Waals surface area contributed by atoms with Crippen LogP contribution in [0, 0.1) is 23.2 Å². The molecular formula is C21H26O2S. The van der Waals surface area contributed by atoms with Crippen molar-refractivity contribution in [3.8, 4) is 0 Å². The number of rotatable bonds is 5. The van der Waals surface area contributed by atoms with E-state index in [0.29, 0.717) is 17.6 Å². The molecule has 0 saturated heterocycles. The van der Waals surface area contributed by atoms with Gasteiger partial charge in [0.05, 0.1) is 0 Å². The summed E-state index contributed by atoms with van der Waals surface area (Å²) in [4.78, 5) is 25.1. The van der Waals surface area contributed by atoms with Gasteiger partial charge in [-0.1, -0.05) is 44.0 Å². The molecule has 4 atom stereocenters. The lowest BCUT2D eigenvalue weighted by Gasteiger charge is -2.51. The van der Waals surface area contributed by atoms with Gasteiger partial charge >= 0.3 is 0 Å². The Balaban J connectivity index is 1.84. The van der Waals surface area contributed by atoms with E-state index in [0.717, 1.165) is 18.5 Å². The molecule has 1 aromatic carbocycles. The molecule has 0 spiro atoms. The van der Waals surface area contributed by atoms with Crippen LogP contribution >= 0.6 is 11.8 Å². The van der Waals surface area contributed by atoms with Crippen LogP contribution in [0.3, 0.4) is 0 Å². The van der Waals surface area contributed by atoms with Crippen molar-refractivity contribution in [3.05, 3.63) is 42.5 Å². The minimum atomic E-state index is -0.191. The van der Waals surface area contributed by atoms with Gasteiger partial charge in [-0.15, -0.1) is 11.8 Å². The van der Waals surface area contributed by atoms with E-state index >= 15 is 0 Å². The van der Waals surface area contributed by atoms with Crippen LogP contribution in [0.1, 0.15) is 39.0 Å². The number of benzene rings is 1. The van der Waals surface area contributed by atoms with Gasteiger partial charge in [0.25, 0.3) is 0 Å². The summed E-state index contributed by atoms with van der Waals surface area (Å²) in [6, 6.07) is 10.3. The first-order valence-electron chi connectivity index (χ1n) is 8.98. The first kappa shape index (κ1) is 17.5. The second-order valence-corrected chi connectivity index (χ2v) is 8.45. The maximum atomic E-state index is 12.9. The average Bonchev–Trinajstić information content (AvgIpc) is 2.61. The largest absolute Gasteiger partial charge is 0.299 e. The molecule has 3 rings (SSSR count). The van der Waals surface area contributed by atoms with Gasteiger partial charge in [0.15, 0.2) is 0 Å². The van der Waals surface area contributed by atoms with Crippen molar-refractivity contribution in [2.75, 3.05) is 5.75 Å². The fraction of sp³-hybridized carbons (Fsp3) is 0.524. The van der Waals surface area contributed by atoms with Crippen molar-refractivity contribution in [2.24, 2.45) is 23.2 Å². The SMILES string of the molecule is C[C@]1(/C=C/C=O)[C@H](CSc2ccccc2)C(=O)C[C@H]2CCCC[C@@H]21. The molecule has 2 saturated carbocycles. The highest BCUT2D eigenvalue weighted by Crippen LogP contribution is 2.54. The molecule has 0 aliphatic heterocycles. The number of carbonyl (C=O) groups is 2. The summed E-state index contributed by atoms with van der Waals surface area (Å²) < 4.78 is 0. The number of carbonyl (C=O) groups excluding carboxylic acids is 2. The average molecular weight is 343 g/mol. The molecule has 1 aromatic rings. The zero-order chi connectivity index (χ0) is 17.0. The van der Waals surface area contributed by atoms with Crippen molar-refractivity contribution in [1.29, 1.82) is 0 Å². The van der Waals surface area contributed by atoms with Gasteiger partial charge in [-0.2, -0.15) is 0 Å². The van der Waals surface area contributed by atoms with Gasteiger partial charge in [-0.3, -0.25) is 9.59 Å². The molecule has 3 heteroatoms. The lowest BCUT2D eigenvalue weighted by molar-refractivity contribution is -0.134. The van der Waals surface area contributed by atoms with Crippen molar-refractivity contribution in [2.45, 2.75) is 43.9 Å². The van der Waals surface area contributed by atoms with Crippen molar-refractivity contribution in [3.63, 3.8) is 0 Å². The molecule has 0 amide bonds. The Morgan fingerprint density at radius 2 is 1.96 bits per heavy atom. The Labute approximate surface area is 149 Å². The van der Waals surface area contributed by atoms with Crippen molar-refractivity contribution < 1.29 is 9.59 Å². The highest BCUT2D eigenvalue weighted by Gasteiger charge is 2.50. The van der Waals surface area contributed by atoms with Gasteiger partial charge in [-0.25, -0.2) is 0 Å². The number of hydrogen-bond donors (Lipinski definition) is 0. The number of ketones is 1. The van der Waals surface area contributed by atoms with E-state index in [1.807, 2.05) is 24.3 Å². The number of Topliss-reactive ketones (excluding diaryl/α,β-unsaturated/α-hetero) is 1. The summed E-state index contributed by atoms with van der Waals surface area (Å²) in [7, 11) is 0. The zero-order valence-corrected chi connectivity index (χ0v) is 15.1. The van der Waals surface area contributed by atoms with E-state index < -0.39 is 0 Å². The van der Waals surface area contributed by atoms with E-state index in [2.05, 4.69) is 19.1 Å². The van der Waals surface area contributed by atoms with Gasteiger partial charge in [-0.05, 0) is 48.3 Å². The molecule has 0 unspecified atom stereocenters. The summed E-state index contributed by atoms with van der Waals surface area (Å²) in [6.45, 7) is 2.21. The Hall–Kier alpha value is -1.35. The topological polar surface area (TPSA) is 34.1 Å². The van der Waals surface area contributed by atoms with E-state index in [-0.39, 0.29) is 11.3 Å². The normalized spacial score (nSPS) is 33.4. The summed E-state index contributed by atoms with van der Waals surface area (Å²) in [6.07, 6.45) is 10.1. The number of fused-ring (bicyclic) bond motifs is 1. The van der Waals surface area contributed by atoms with E-state index in [4.69, 9.17) is 0 Å². The number of hydrogen-bond acceptors (Lipinski definition) is 3. The van der Waals surface area contributed by atoms with E-state index in [1.165, 1.54) is 30.6 Å². The van der Waals surface area contributed by atoms with E-state index in [9.17, 15) is 9.59 Å². The summed E-state index contributed by atoms with van der Waals surface area (Å²) >= 11 is 1.76. The summed E-state index contributed by atoms with van der Waals surface area (Å²) in [5.41, 5.74) is -0.191. The molecule has 2 nitrogen and oxygen atoms in total. The minimum absolute atomic E-state index is 0.00161. The van der Waals surface area contributed by atoms with Crippen LogP contribution in [0.4, 0.5) is 0 Å². The van der Waals surface area contributed by atoms with Crippen LogP contribution in [-0.2, 0) is 9.59 Å². The molecule has 128 valence electrons.